The molecule has 0 aliphatic heterocycles. The van der Waals surface area contributed by atoms with E-state index in [1.54, 1.807) is 0 Å². The molecule has 4 bridgehead atoms. The SMILES string of the molecule is C[Si](C)(C)O[C@]12C=C[C@]3(O)C[C@H]1CC[C@H]23. The van der Waals surface area contributed by atoms with E-state index in [-0.39, 0.29) is 5.60 Å². The molecule has 0 amide bonds. The highest BCUT2D eigenvalue weighted by molar-refractivity contribution is 6.69. The molecule has 0 spiro atoms. The Labute approximate surface area is 92.5 Å². The second-order valence-electron chi connectivity index (χ2n) is 6.42. The molecule has 2 fully saturated rings. The molecule has 84 valence electrons. The Bertz CT molecular complexity index is 333. The zero-order valence-corrected chi connectivity index (χ0v) is 10.8. The first-order chi connectivity index (χ1) is 6.86. The molecule has 0 radical (unpaired) electrons. The van der Waals surface area contributed by atoms with Gasteiger partial charge in [-0.25, -0.2) is 0 Å². The largest absolute Gasteiger partial charge is 0.408 e. The molecule has 2 nitrogen and oxygen atoms in total. The van der Waals surface area contributed by atoms with Crippen LogP contribution < -0.4 is 0 Å². The van der Waals surface area contributed by atoms with Gasteiger partial charge in [-0.1, -0.05) is 12.2 Å². The van der Waals surface area contributed by atoms with Crippen molar-refractivity contribution in [3.63, 3.8) is 0 Å². The van der Waals surface area contributed by atoms with E-state index in [1.165, 1.54) is 6.42 Å². The van der Waals surface area contributed by atoms with Gasteiger partial charge in [0.05, 0.1) is 11.2 Å². The molecule has 0 unspecified atom stereocenters. The molecule has 15 heavy (non-hydrogen) atoms. The molecule has 3 aliphatic rings. The molecule has 0 aromatic rings. The zero-order chi connectivity index (χ0) is 10.9. The third kappa shape index (κ3) is 1.17. The predicted molar refractivity (Wildman–Crippen MR) is 62.1 cm³/mol. The van der Waals surface area contributed by atoms with Gasteiger partial charge in [-0.05, 0) is 44.8 Å². The summed E-state index contributed by atoms with van der Waals surface area (Å²) >= 11 is 0. The molecule has 3 rings (SSSR count). The number of aliphatic hydroxyl groups is 1. The summed E-state index contributed by atoms with van der Waals surface area (Å²) in [7, 11) is -1.53. The minimum Gasteiger partial charge on any atom is -0.408 e. The van der Waals surface area contributed by atoms with Crippen LogP contribution in [0.15, 0.2) is 12.2 Å². The van der Waals surface area contributed by atoms with Gasteiger partial charge in [0.1, 0.15) is 0 Å². The summed E-state index contributed by atoms with van der Waals surface area (Å²) in [4.78, 5) is 0. The van der Waals surface area contributed by atoms with E-state index in [1.807, 2.05) is 6.08 Å². The van der Waals surface area contributed by atoms with Crippen molar-refractivity contribution in [2.24, 2.45) is 11.8 Å². The minimum absolute atomic E-state index is 0.0841. The van der Waals surface area contributed by atoms with E-state index in [4.69, 9.17) is 4.43 Å². The van der Waals surface area contributed by atoms with Crippen LogP contribution in [0, 0.1) is 11.8 Å². The van der Waals surface area contributed by atoms with Crippen molar-refractivity contribution in [2.45, 2.75) is 50.1 Å². The highest BCUT2D eigenvalue weighted by Crippen LogP contribution is 2.64. The first-order valence-corrected chi connectivity index (χ1v) is 9.40. The van der Waals surface area contributed by atoms with Gasteiger partial charge in [0.2, 0.25) is 0 Å². The van der Waals surface area contributed by atoms with Crippen molar-refractivity contribution in [3.05, 3.63) is 12.2 Å². The monoisotopic (exact) mass is 224 g/mol. The van der Waals surface area contributed by atoms with E-state index in [0.717, 1.165) is 12.8 Å². The van der Waals surface area contributed by atoms with Crippen molar-refractivity contribution < 1.29 is 9.53 Å². The fourth-order valence-corrected chi connectivity index (χ4v) is 5.41. The van der Waals surface area contributed by atoms with Crippen LogP contribution in [0.1, 0.15) is 19.3 Å². The Morgan fingerprint density at radius 3 is 2.53 bits per heavy atom. The normalized spacial score (nSPS) is 51.7. The summed E-state index contributed by atoms with van der Waals surface area (Å²) in [6.07, 6.45) is 7.49. The molecular formula is C12H20O2Si. The zero-order valence-electron chi connectivity index (χ0n) is 9.79. The molecule has 0 aromatic heterocycles. The van der Waals surface area contributed by atoms with Gasteiger partial charge in [0, 0.05) is 5.92 Å². The summed E-state index contributed by atoms with van der Waals surface area (Å²) in [5, 5.41) is 10.4. The van der Waals surface area contributed by atoms with Crippen LogP contribution >= 0.6 is 0 Å². The standard InChI is InChI=1S/C12H20O2Si/c1-15(2,3)14-12-7-6-11(13)8-9(12)4-5-10(11)12/h6-7,9-10,13H,4-5,8H2,1-3H3/t9-,10+,11+,12-/m1/s1. The summed E-state index contributed by atoms with van der Waals surface area (Å²) in [5.74, 6) is 0.922. The van der Waals surface area contributed by atoms with Gasteiger partial charge in [-0.2, -0.15) is 0 Å². The second-order valence-corrected chi connectivity index (χ2v) is 10.9. The Morgan fingerprint density at radius 2 is 2.00 bits per heavy atom. The van der Waals surface area contributed by atoms with E-state index < -0.39 is 13.9 Å². The maximum Gasteiger partial charge on any atom is 0.184 e. The summed E-state index contributed by atoms with van der Waals surface area (Å²) in [6, 6.07) is 0. The van der Waals surface area contributed by atoms with E-state index >= 15 is 0 Å². The van der Waals surface area contributed by atoms with Crippen LogP contribution in [0.5, 0.6) is 0 Å². The lowest BCUT2D eigenvalue weighted by Crippen LogP contribution is -2.45. The van der Waals surface area contributed by atoms with Crippen molar-refractivity contribution in [3.8, 4) is 0 Å². The van der Waals surface area contributed by atoms with Crippen molar-refractivity contribution in [1.82, 2.24) is 0 Å². The molecule has 3 aliphatic carbocycles. The number of rotatable bonds is 2. The first kappa shape index (κ1) is 10.1. The van der Waals surface area contributed by atoms with Crippen LogP contribution in [0.3, 0.4) is 0 Å². The lowest BCUT2D eigenvalue weighted by molar-refractivity contribution is 0.0109. The van der Waals surface area contributed by atoms with Gasteiger partial charge in [-0.3, -0.25) is 0 Å². The van der Waals surface area contributed by atoms with Crippen LogP contribution in [0.2, 0.25) is 19.6 Å². The highest BCUT2D eigenvalue weighted by Gasteiger charge is 2.68. The Balaban J connectivity index is 1.97. The van der Waals surface area contributed by atoms with E-state index in [2.05, 4.69) is 25.7 Å². The van der Waals surface area contributed by atoms with Crippen molar-refractivity contribution in [2.75, 3.05) is 0 Å². The van der Waals surface area contributed by atoms with Crippen LogP contribution in [-0.4, -0.2) is 24.6 Å². The quantitative estimate of drug-likeness (QED) is 0.576. The molecular weight excluding hydrogens is 204 g/mol. The van der Waals surface area contributed by atoms with E-state index in [0.29, 0.717) is 11.8 Å². The van der Waals surface area contributed by atoms with E-state index in [9.17, 15) is 5.11 Å². The Hall–Kier alpha value is -0.123. The van der Waals surface area contributed by atoms with Gasteiger partial charge in [0.15, 0.2) is 8.32 Å². The molecule has 0 saturated heterocycles. The second kappa shape index (κ2) is 2.58. The average molecular weight is 224 g/mol. The number of hydrogen-bond donors (Lipinski definition) is 1. The fourth-order valence-electron chi connectivity index (χ4n) is 3.97. The summed E-state index contributed by atoms with van der Waals surface area (Å²) < 4.78 is 6.42. The van der Waals surface area contributed by atoms with Gasteiger partial charge in [-0.15, -0.1) is 0 Å². The maximum absolute atomic E-state index is 10.4. The van der Waals surface area contributed by atoms with Crippen molar-refractivity contribution in [1.29, 1.82) is 0 Å². The molecule has 0 heterocycles. The van der Waals surface area contributed by atoms with Crippen LogP contribution in [0.4, 0.5) is 0 Å². The van der Waals surface area contributed by atoms with Gasteiger partial charge in [0.25, 0.3) is 0 Å². The minimum atomic E-state index is -1.53. The average Bonchev–Trinajstić information content (AvgIpc) is 2.60. The highest BCUT2D eigenvalue weighted by atomic mass is 28.4. The van der Waals surface area contributed by atoms with Crippen LogP contribution in [-0.2, 0) is 4.43 Å². The van der Waals surface area contributed by atoms with Crippen LogP contribution in [0.25, 0.3) is 0 Å². The topological polar surface area (TPSA) is 29.5 Å². The molecule has 3 heteroatoms. The molecule has 2 saturated carbocycles. The smallest absolute Gasteiger partial charge is 0.184 e. The molecule has 4 atom stereocenters. The lowest BCUT2D eigenvalue weighted by atomic mass is 9.85. The maximum atomic E-state index is 10.4. The fraction of sp³-hybridized carbons (Fsp3) is 0.833. The third-order valence-electron chi connectivity index (χ3n) is 4.28. The Morgan fingerprint density at radius 1 is 1.27 bits per heavy atom. The molecule has 1 N–H and O–H groups in total. The lowest BCUT2D eigenvalue weighted by Gasteiger charge is -2.36. The number of hydrogen-bond acceptors (Lipinski definition) is 2. The Kier molecular flexibility index (Phi) is 1.73. The van der Waals surface area contributed by atoms with Gasteiger partial charge >= 0.3 is 0 Å². The third-order valence-corrected chi connectivity index (χ3v) is 5.24. The van der Waals surface area contributed by atoms with Crippen molar-refractivity contribution >= 4 is 8.32 Å². The first-order valence-electron chi connectivity index (χ1n) is 5.99. The summed E-state index contributed by atoms with van der Waals surface area (Å²) in [6.45, 7) is 6.72. The predicted octanol–water partition coefficient (Wildman–Crippen LogP) is 2.31. The van der Waals surface area contributed by atoms with Gasteiger partial charge < -0.3 is 9.53 Å². The molecule has 0 aromatic carbocycles. The summed E-state index contributed by atoms with van der Waals surface area (Å²) in [5.41, 5.74) is -0.609.